The Hall–Kier alpha value is -2.57. The lowest BCUT2D eigenvalue weighted by Crippen LogP contribution is -2.26. The van der Waals surface area contributed by atoms with Gasteiger partial charge in [0.2, 0.25) is 0 Å². The van der Waals surface area contributed by atoms with Gasteiger partial charge in [0, 0.05) is 21.9 Å². The van der Waals surface area contributed by atoms with Gasteiger partial charge in [0.15, 0.2) is 11.5 Å². The highest BCUT2D eigenvalue weighted by molar-refractivity contribution is 7.15. The highest BCUT2D eigenvalue weighted by atomic mass is 32.1. The van der Waals surface area contributed by atoms with E-state index in [0.29, 0.717) is 31.1 Å². The lowest BCUT2D eigenvalue weighted by molar-refractivity contribution is 0.194. The number of aliphatic hydroxyl groups is 1. The summed E-state index contributed by atoms with van der Waals surface area (Å²) < 4.78 is 5.84. The molecule has 0 fully saturated rings. The Bertz CT molecular complexity index is 968. The second-order valence-electron chi connectivity index (χ2n) is 6.76. The number of nitrogens with zero attached hydrogens (tertiary/aromatic N) is 2. The number of fused-ring (bicyclic) bond motifs is 1. The van der Waals surface area contributed by atoms with Crippen molar-refractivity contribution in [2.45, 2.75) is 26.5 Å². The molecule has 0 spiro atoms. The number of benzene rings is 1. The molecular weight excluding hydrogens is 360 g/mol. The topological polar surface area (TPSA) is 65.8 Å². The number of phenols is 1. The summed E-state index contributed by atoms with van der Waals surface area (Å²) in [5.74, 6) is 1.50. The van der Waals surface area contributed by atoms with Crippen molar-refractivity contribution < 1.29 is 14.9 Å². The van der Waals surface area contributed by atoms with Crippen LogP contribution < -0.4 is 9.64 Å². The molecule has 5 nitrogen and oxygen atoms in total. The van der Waals surface area contributed by atoms with E-state index in [1.54, 1.807) is 24.3 Å². The Kier molecular flexibility index (Phi) is 4.76. The van der Waals surface area contributed by atoms with Gasteiger partial charge in [0.25, 0.3) is 0 Å². The van der Waals surface area contributed by atoms with Crippen molar-refractivity contribution in [3.8, 4) is 21.9 Å². The minimum absolute atomic E-state index is 0.168. The first kappa shape index (κ1) is 17.8. The molecule has 2 aromatic heterocycles. The molecular formula is C21H22N2O3S. The number of thiophene rings is 1. The number of hydrogen-bond acceptors (Lipinski definition) is 6. The van der Waals surface area contributed by atoms with Crippen LogP contribution in [0, 0.1) is 6.92 Å². The first-order valence-corrected chi connectivity index (χ1v) is 9.78. The molecule has 140 valence electrons. The van der Waals surface area contributed by atoms with Crippen LogP contribution in [0.2, 0.25) is 0 Å². The first-order chi connectivity index (χ1) is 13.0. The predicted molar refractivity (Wildman–Crippen MR) is 108 cm³/mol. The first-order valence-electron chi connectivity index (χ1n) is 8.97. The molecule has 0 radical (unpaired) electrons. The second kappa shape index (κ2) is 7.21. The number of rotatable bonds is 3. The molecule has 27 heavy (non-hydrogen) atoms. The number of pyridine rings is 1. The molecule has 0 aliphatic carbocycles. The summed E-state index contributed by atoms with van der Waals surface area (Å²) in [6, 6.07) is 13.7. The van der Waals surface area contributed by atoms with E-state index in [2.05, 4.69) is 35.0 Å². The van der Waals surface area contributed by atoms with E-state index >= 15 is 0 Å². The average molecular weight is 382 g/mol. The van der Waals surface area contributed by atoms with Gasteiger partial charge in [-0.3, -0.25) is 0 Å². The third-order valence-corrected chi connectivity index (χ3v) is 5.70. The molecule has 3 heterocycles. The zero-order valence-electron chi connectivity index (χ0n) is 15.3. The molecule has 1 aliphatic rings. The van der Waals surface area contributed by atoms with E-state index in [1.165, 1.54) is 4.88 Å². The van der Waals surface area contributed by atoms with Crippen LogP contribution in [0.25, 0.3) is 10.4 Å². The standard InChI is InChI=1S/C21H22N2O3S/c1-13-6-7-19(27-13)15-10-16-12-23(8-9-26-21(16)18(25)11-15)20-5-3-4-17(22-20)14(2)24/h3-7,10-11,14,24-25H,8-9,12H2,1-2H3/t14-/m1/s1. The fourth-order valence-electron chi connectivity index (χ4n) is 3.27. The highest BCUT2D eigenvalue weighted by Gasteiger charge is 2.21. The van der Waals surface area contributed by atoms with Gasteiger partial charge in [-0.15, -0.1) is 11.3 Å². The van der Waals surface area contributed by atoms with E-state index in [0.717, 1.165) is 21.8 Å². The summed E-state index contributed by atoms with van der Waals surface area (Å²) in [5.41, 5.74) is 2.56. The van der Waals surface area contributed by atoms with Gasteiger partial charge in [-0.1, -0.05) is 6.07 Å². The van der Waals surface area contributed by atoms with Crippen LogP contribution in [-0.2, 0) is 6.54 Å². The van der Waals surface area contributed by atoms with Crippen LogP contribution in [0.4, 0.5) is 5.82 Å². The van der Waals surface area contributed by atoms with Crippen molar-refractivity contribution in [1.82, 2.24) is 4.98 Å². The molecule has 0 amide bonds. The number of phenolic OH excluding ortho intramolecular Hbond substituents is 1. The predicted octanol–water partition coefficient (Wildman–Crippen LogP) is 4.28. The Morgan fingerprint density at radius 1 is 1.22 bits per heavy atom. The Balaban J connectivity index is 1.70. The molecule has 0 saturated carbocycles. The number of hydrogen-bond donors (Lipinski definition) is 2. The van der Waals surface area contributed by atoms with Crippen LogP contribution in [0.15, 0.2) is 42.5 Å². The van der Waals surface area contributed by atoms with E-state index in [-0.39, 0.29) is 5.75 Å². The largest absolute Gasteiger partial charge is 0.504 e. The minimum Gasteiger partial charge on any atom is -0.504 e. The molecule has 2 N–H and O–H groups in total. The summed E-state index contributed by atoms with van der Waals surface area (Å²) in [4.78, 5) is 9.04. The van der Waals surface area contributed by atoms with Gasteiger partial charge in [-0.05, 0) is 55.8 Å². The maximum Gasteiger partial charge on any atom is 0.166 e. The number of anilines is 1. The number of aryl methyl sites for hydroxylation is 1. The van der Waals surface area contributed by atoms with Crippen LogP contribution in [0.1, 0.15) is 29.2 Å². The van der Waals surface area contributed by atoms with Crippen LogP contribution >= 0.6 is 11.3 Å². The molecule has 4 rings (SSSR count). The summed E-state index contributed by atoms with van der Waals surface area (Å²) in [6.45, 7) is 5.47. The minimum atomic E-state index is -0.613. The van der Waals surface area contributed by atoms with Crippen molar-refractivity contribution in [1.29, 1.82) is 0 Å². The summed E-state index contributed by atoms with van der Waals surface area (Å²) in [5, 5.41) is 20.3. The van der Waals surface area contributed by atoms with Crippen LogP contribution in [0.3, 0.4) is 0 Å². The molecule has 1 aliphatic heterocycles. The number of aromatic nitrogens is 1. The lowest BCUT2D eigenvalue weighted by Gasteiger charge is -2.22. The van der Waals surface area contributed by atoms with E-state index < -0.39 is 6.10 Å². The van der Waals surface area contributed by atoms with Gasteiger partial charge in [0.1, 0.15) is 12.4 Å². The highest BCUT2D eigenvalue weighted by Crippen LogP contribution is 2.39. The SMILES string of the molecule is Cc1ccc(-c2cc(O)c3c(c2)CN(c2cccc([C@@H](C)O)n2)CCO3)s1. The molecule has 0 unspecified atom stereocenters. The Labute approximate surface area is 162 Å². The number of aliphatic hydroxyl groups excluding tert-OH is 1. The summed E-state index contributed by atoms with van der Waals surface area (Å²) in [6.07, 6.45) is -0.613. The normalized spacial score (nSPS) is 15.0. The van der Waals surface area contributed by atoms with Crippen molar-refractivity contribution in [2.24, 2.45) is 0 Å². The maximum absolute atomic E-state index is 10.5. The van der Waals surface area contributed by atoms with Crippen molar-refractivity contribution in [2.75, 3.05) is 18.1 Å². The van der Waals surface area contributed by atoms with Crippen molar-refractivity contribution in [3.63, 3.8) is 0 Å². The quantitative estimate of drug-likeness (QED) is 0.708. The van der Waals surface area contributed by atoms with E-state index in [1.807, 2.05) is 18.2 Å². The lowest BCUT2D eigenvalue weighted by atomic mass is 10.1. The van der Waals surface area contributed by atoms with Gasteiger partial charge in [-0.2, -0.15) is 0 Å². The zero-order valence-corrected chi connectivity index (χ0v) is 16.2. The third-order valence-electron chi connectivity index (χ3n) is 4.65. The smallest absolute Gasteiger partial charge is 0.166 e. The molecule has 6 heteroatoms. The van der Waals surface area contributed by atoms with E-state index in [4.69, 9.17) is 4.74 Å². The van der Waals surface area contributed by atoms with Gasteiger partial charge in [-0.25, -0.2) is 4.98 Å². The van der Waals surface area contributed by atoms with Crippen LogP contribution in [-0.4, -0.2) is 28.3 Å². The number of ether oxygens (including phenoxy) is 1. The fourth-order valence-corrected chi connectivity index (χ4v) is 4.13. The van der Waals surface area contributed by atoms with Gasteiger partial charge >= 0.3 is 0 Å². The molecule has 1 atom stereocenters. The third kappa shape index (κ3) is 3.63. The Morgan fingerprint density at radius 3 is 2.81 bits per heavy atom. The Morgan fingerprint density at radius 2 is 2.07 bits per heavy atom. The average Bonchev–Trinajstić information content (AvgIpc) is 2.96. The van der Waals surface area contributed by atoms with Crippen molar-refractivity contribution >= 4 is 17.2 Å². The van der Waals surface area contributed by atoms with Gasteiger partial charge < -0.3 is 19.8 Å². The zero-order chi connectivity index (χ0) is 19.0. The molecule has 1 aromatic carbocycles. The maximum atomic E-state index is 10.5. The van der Waals surface area contributed by atoms with Crippen molar-refractivity contribution in [3.05, 3.63) is 58.6 Å². The molecule has 3 aromatic rings. The van der Waals surface area contributed by atoms with Gasteiger partial charge in [0.05, 0.1) is 18.3 Å². The molecule has 0 bridgehead atoms. The monoisotopic (exact) mass is 382 g/mol. The fraction of sp³-hybridized carbons (Fsp3) is 0.286. The number of aromatic hydroxyl groups is 1. The van der Waals surface area contributed by atoms with E-state index in [9.17, 15) is 10.2 Å². The second-order valence-corrected chi connectivity index (χ2v) is 8.05. The summed E-state index contributed by atoms with van der Waals surface area (Å²) in [7, 11) is 0. The molecule has 0 saturated heterocycles. The summed E-state index contributed by atoms with van der Waals surface area (Å²) >= 11 is 1.70. The van der Waals surface area contributed by atoms with Crippen LogP contribution in [0.5, 0.6) is 11.5 Å².